The Labute approximate surface area is 153 Å². The molecule has 0 fully saturated rings. The van der Waals surface area contributed by atoms with Gasteiger partial charge in [0.25, 0.3) is 0 Å². The number of aromatic nitrogens is 4. The number of rotatable bonds is 5. The molecule has 0 aliphatic heterocycles. The van der Waals surface area contributed by atoms with E-state index in [1.807, 2.05) is 30.9 Å². The fourth-order valence-electron chi connectivity index (χ4n) is 3.32. The van der Waals surface area contributed by atoms with Crippen LogP contribution in [0.5, 0.6) is 0 Å². The van der Waals surface area contributed by atoms with Crippen LogP contribution in [0.2, 0.25) is 0 Å². The van der Waals surface area contributed by atoms with Crippen molar-refractivity contribution in [3.63, 3.8) is 0 Å². The van der Waals surface area contributed by atoms with Gasteiger partial charge in [-0.15, -0.1) is 0 Å². The maximum absolute atomic E-state index is 4.65. The minimum Gasteiger partial charge on any atom is -0.331 e. The Bertz CT molecular complexity index is 996. The molecule has 0 aliphatic carbocycles. The molecule has 4 heteroatoms. The van der Waals surface area contributed by atoms with E-state index in [2.05, 4.69) is 81.5 Å². The highest BCUT2D eigenvalue weighted by molar-refractivity contribution is 5.80. The van der Waals surface area contributed by atoms with Crippen LogP contribution in [0.3, 0.4) is 0 Å². The Morgan fingerprint density at radius 1 is 0.808 bits per heavy atom. The Balaban J connectivity index is 1.76. The largest absolute Gasteiger partial charge is 0.331 e. The zero-order chi connectivity index (χ0) is 17.9. The minimum absolute atomic E-state index is 0.385. The van der Waals surface area contributed by atoms with E-state index in [0.717, 1.165) is 17.2 Å². The summed E-state index contributed by atoms with van der Waals surface area (Å²) in [5.41, 5.74) is 3.51. The second kappa shape index (κ2) is 7.00. The number of nitrogens with zero attached hydrogens (tertiary/aromatic N) is 4. The van der Waals surface area contributed by atoms with Crippen molar-refractivity contribution in [1.82, 2.24) is 19.1 Å². The molecule has 2 heterocycles. The van der Waals surface area contributed by atoms with Crippen LogP contribution >= 0.6 is 0 Å². The van der Waals surface area contributed by atoms with Crippen molar-refractivity contribution in [2.24, 2.45) is 0 Å². The van der Waals surface area contributed by atoms with Crippen molar-refractivity contribution in [3.8, 4) is 22.5 Å². The van der Waals surface area contributed by atoms with E-state index in [0.29, 0.717) is 12.6 Å². The SMILES string of the molecule is CC(C)n1ccnc1Cn1ccnc1-c1ccccc1-c1ccccc1. The maximum Gasteiger partial charge on any atom is 0.140 e. The third kappa shape index (κ3) is 3.06. The zero-order valence-electron chi connectivity index (χ0n) is 15.1. The first-order chi connectivity index (χ1) is 12.7. The molecular weight excluding hydrogens is 320 g/mol. The molecule has 0 aliphatic rings. The van der Waals surface area contributed by atoms with Crippen molar-refractivity contribution < 1.29 is 0 Å². The van der Waals surface area contributed by atoms with Gasteiger partial charge in [0, 0.05) is 36.4 Å². The van der Waals surface area contributed by atoms with Crippen LogP contribution in [0, 0.1) is 0 Å². The zero-order valence-corrected chi connectivity index (χ0v) is 15.1. The van der Waals surface area contributed by atoms with Gasteiger partial charge in [-0.25, -0.2) is 9.97 Å². The van der Waals surface area contributed by atoms with E-state index in [-0.39, 0.29) is 0 Å². The topological polar surface area (TPSA) is 35.6 Å². The first-order valence-corrected chi connectivity index (χ1v) is 8.91. The second-order valence-electron chi connectivity index (χ2n) is 6.63. The van der Waals surface area contributed by atoms with Gasteiger partial charge in [0.15, 0.2) is 0 Å². The van der Waals surface area contributed by atoms with Crippen LogP contribution in [0.25, 0.3) is 22.5 Å². The Kier molecular flexibility index (Phi) is 4.40. The fourth-order valence-corrected chi connectivity index (χ4v) is 3.32. The standard InChI is InChI=1S/C22H22N4/c1-17(2)26-15-13-23-21(26)16-25-14-12-24-22(25)20-11-7-6-10-19(20)18-8-4-3-5-9-18/h3-15,17H,16H2,1-2H3. The van der Waals surface area contributed by atoms with Crippen LogP contribution < -0.4 is 0 Å². The first-order valence-electron chi connectivity index (χ1n) is 8.91. The molecule has 0 radical (unpaired) electrons. The van der Waals surface area contributed by atoms with Crippen LogP contribution in [0.1, 0.15) is 25.7 Å². The van der Waals surface area contributed by atoms with E-state index in [4.69, 9.17) is 0 Å². The monoisotopic (exact) mass is 342 g/mol. The molecule has 2 aromatic heterocycles. The van der Waals surface area contributed by atoms with Crippen LogP contribution in [-0.4, -0.2) is 19.1 Å². The summed E-state index contributed by atoms with van der Waals surface area (Å²) in [4.78, 5) is 9.20. The van der Waals surface area contributed by atoms with E-state index < -0.39 is 0 Å². The van der Waals surface area contributed by atoms with Gasteiger partial charge in [0.1, 0.15) is 11.6 Å². The molecule has 0 amide bonds. The molecule has 0 bridgehead atoms. The lowest BCUT2D eigenvalue weighted by atomic mass is 9.99. The predicted molar refractivity (Wildman–Crippen MR) is 105 cm³/mol. The summed E-state index contributed by atoms with van der Waals surface area (Å²) >= 11 is 0. The highest BCUT2D eigenvalue weighted by atomic mass is 15.1. The van der Waals surface area contributed by atoms with Gasteiger partial charge >= 0.3 is 0 Å². The smallest absolute Gasteiger partial charge is 0.140 e. The minimum atomic E-state index is 0.385. The molecule has 0 saturated heterocycles. The average molecular weight is 342 g/mol. The Morgan fingerprint density at radius 2 is 1.50 bits per heavy atom. The van der Waals surface area contributed by atoms with E-state index in [9.17, 15) is 0 Å². The summed E-state index contributed by atoms with van der Waals surface area (Å²) < 4.78 is 4.37. The van der Waals surface area contributed by atoms with Crippen LogP contribution in [0.4, 0.5) is 0 Å². The number of hydrogen-bond acceptors (Lipinski definition) is 2. The predicted octanol–water partition coefficient (Wildman–Crippen LogP) is 5.04. The van der Waals surface area contributed by atoms with Gasteiger partial charge in [-0.2, -0.15) is 0 Å². The number of hydrogen-bond donors (Lipinski definition) is 0. The van der Waals surface area contributed by atoms with Crippen LogP contribution in [-0.2, 0) is 6.54 Å². The molecule has 0 atom stereocenters. The highest BCUT2D eigenvalue weighted by Gasteiger charge is 2.14. The Morgan fingerprint density at radius 3 is 2.27 bits per heavy atom. The summed E-state index contributed by atoms with van der Waals surface area (Å²) in [7, 11) is 0. The molecule has 0 N–H and O–H groups in total. The molecule has 0 spiro atoms. The third-order valence-corrected chi connectivity index (χ3v) is 4.59. The van der Waals surface area contributed by atoms with E-state index in [1.165, 1.54) is 11.1 Å². The average Bonchev–Trinajstić information content (AvgIpc) is 3.32. The van der Waals surface area contributed by atoms with Gasteiger partial charge < -0.3 is 9.13 Å². The first kappa shape index (κ1) is 16.3. The van der Waals surface area contributed by atoms with Crippen molar-refractivity contribution in [2.75, 3.05) is 0 Å². The molecule has 4 nitrogen and oxygen atoms in total. The summed E-state index contributed by atoms with van der Waals surface area (Å²) in [5.74, 6) is 2.00. The molecule has 2 aromatic carbocycles. The molecule has 0 unspecified atom stereocenters. The van der Waals surface area contributed by atoms with Crippen molar-refractivity contribution >= 4 is 0 Å². The molecule has 0 saturated carbocycles. The van der Waals surface area contributed by atoms with Gasteiger partial charge in [0.2, 0.25) is 0 Å². The summed E-state index contributed by atoms with van der Waals surface area (Å²) in [6.45, 7) is 5.04. The lowest BCUT2D eigenvalue weighted by Crippen LogP contribution is -2.10. The molecule has 130 valence electrons. The molecular formula is C22H22N4. The van der Waals surface area contributed by atoms with Gasteiger partial charge in [-0.3, -0.25) is 0 Å². The maximum atomic E-state index is 4.65. The lowest BCUT2D eigenvalue weighted by Gasteiger charge is -2.15. The van der Waals surface area contributed by atoms with Crippen LogP contribution in [0.15, 0.2) is 79.4 Å². The lowest BCUT2D eigenvalue weighted by molar-refractivity contribution is 0.554. The third-order valence-electron chi connectivity index (χ3n) is 4.59. The molecule has 4 rings (SSSR count). The van der Waals surface area contributed by atoms with E-state index in [1.54, 1.807) is 0 Å². The number of benzene rings is 2. The molecule has 26 heavy (non-hydrogen) atoms. The summed E-state index contributed by atoms with van der Waals surface area (Å²) in [6.07, 6.45) is 7.79. The fraction of sp³-hybridized carbons (Fsp3) is 0.182. The summed E-state index contributed by atoms with van der Waals surface area (Å²) in [5, 5.41) is 0. The van der Waals surface area contributed by atoms with Crippen molar-refractivity contribution in [2.45, 2.75) is 26.4 Å². The normalized spacial score (nSPS) is 11.2. The second-order valence-corrected chi connectivity index (χ2v) is 6.63. The van der Waals surface area contributed by atoms with Crippen molar-refractivity contribution in [1.29, 1.82) is 0 Å². The van der Waals surface area contributed by atoms with Crippen molar-refractivity contribution in [3.05, 3.63) is 85.2 Å². The van der Waals surface area contributed by atoms with Gasteiger partial charge in [-0.05, 0) is 25.0 Å². The Hall–Kier alpha value is -3.14. The number of imidazole rings is 2. The van der Waals surface area contributed by atoms with Gasteiger partial charge in [-0.1, -0.05) is 54.6 Å². The van der Waals surface area contributed by atoms with Gasteiger partial charge in [0.05, 0.1) is 6.54 Å². The quantitative estimate of drug-likeness (QED) is 0.509. The summed E-state index contributed by atoms with van der Waals surface area (Å²) in [6, 6.07) is 19.3. The highest BCUT2D eigenvalue weighted by Crippen LogP contribution is 2.31. The molecule has 4 aromatic rings. The van der Waals surface area contributed by atoms with E-state index >= 15 is 0 Å².